The van der Waals surface area contributed by atoms with Crippen molar-refractivity contribution in [3.63, 3.8) is 0 Å². The van der Waals surface area contributed by atoms with E-state index in [0.717, 1.165) is 0 Å². The first-order valence-corrected chi connectivity index (χ1v) is 14.7. The Bertz CT molecular complexity index is 141. The predicted octanol–water partition coefficient (Wildman–Crippen LogP) is 5.38. The van der Waals surface area contributed by atoms with Gasteiger partial charge < -0.3 is 0 Å². The Morgan fingerprint density at radius 1 is 0.500 bits per heavy atom. The summed E-state index contributed by atoms with van der Waals surface area (Å²) in [5.74, 6) is 0. The lowest BCUT2D eigenvalue weighted by molar-refractivity contribution is 0.531. The van der Waals surface area contributed by atoms with E-state index in [2.05, 4.69) is 16.7 Å². The molecule has 0 aromatic carbocycles. The predicted molar refractivity (Wildman–Crippen MR) is 101 cm³/mol. The van der Waals surface area contributed by atoms with Crippen molar-refractivity contribution in [1.82, 2.24) is 0 Å². The van der Waals surface area contributed by atoms with Gasteiger partial charge in [0, 0.05) is 9.04 Å². The van der Waals surface area contributed by atoms with E-state index in [1.807, 2.05) is 0 Å². The molecule has 0 fully saturated rings. The quantitative estimate of drug-likeness (QED) is 0.250. The molecule has 0 atom stereocenters. The number of hydrogen-bond donors (Lipinski definition) is 0. The highest BCUT2D eigenvalue weighted by molar-refractivity contribution is 6.89. The highest BCUT2D eigenvalue weighted by Crippen LogP contribution is 2.13. The van der Waals surface area contributed by atoms with Crippen LogP contribution in [0, 0.1) is 0 Å². The Labute approximate surface area is 134 Å². The van der Waals surface area contributed by atoms with Gasteiger partial charge in [-0.1, -0.05) is 116 Å². The Morgan fingerprint density at radius 3 is 1.10 bits per heavy atom. The van der Waals surface area contributed by atoms with Gasteiger partial charge in [0.05, 0.1) is 0 Å². The van der Waals surface area contributed by atoms with Crippen molar-refractivity contribution in [3.05, 3.63) is 0 Å². The molecule has 2 heteroatoms. The summed E-state index contributed by atoms with van der Waals surface area (Å²) in [7, 11) is 2.64. The lowest BCUT2D eigenvalue weighted by Crippen LogP contribution is -1.87. The fourth-order valence-electron chi connectivity index (χ4n) is 2.90. The van der Waals surface area contributed by atoms with Crippen LogP contribution < -0.4 is 0 Å². The largest absolute Gasteiger partial charge is 0.0655 e. The van der Waals surface area contributed by atoms with Crippen LogP contribution >= 0.6 is 0 Å². The molecule has 0 aliphatic carbocycles. The Kier molecular flexibility index (Phi) is 19.9. The van der Waals surface area contributed by atoms with Gasteiger partial charge in [-0.25, -0.2) is 0 Å². The molecule has 0 aliphatic rings. The minimum absolute atomic E-state index is 0.377. The van der Waals surface area contributed by atoms with E-state index in [0.29, 0.717) is 9.04 Å². The van der Waals surface area contributed by atoms with Crippen LogP contribution in [0.15, 0.2) is 0 Å². The molecule has 20 heavy (non-hydrogen) atoms. The third-order valence-electron chi connectivity index (χ3n) is 4.35. The molecular weight excluding hydrogens is 272 g/mol. The molecule has 0 aromatic rings. The third kappa shape index (κ3) is 18.4. The van der Waals surface area contributed by atoms with Gasteiger partial charge in [-0.3, -0.25) is 0 Å². The molecule has 0 N–H and O–H groups in total. The van der Waals surface area contributed by atoms with E-state index >= 15 is 0 Å². The normalized spacial score (nSPS) is 11.7. The summed E-state index contributed by atoms with van der Waals surface area (Å²) < 4.78 is 0. The summed E-state index contributed by atoms with van der Waals surface area (Å²) in [6.07, 6.45) is 23.8. The van der Waals surface area contributed by atoms with Gasteiger partial charge in [0.1, 0.15) is 0 Å². The summed E-state index contributed by atoms with van der Waals surface area (Å²) in [6, 6.07) is 1.59. The topological polar surface area (TPSA) is 0 Å². The Hall–Kier alpha value is 0.434. The smallest absolute Gasteiger partial charge is 0.00465 e. The van der Waals surface area contributed by atoms with Gasteiger partial charge in [-0.2, -0.15) is 0 Å². The molecule has 0 saturated heterocycles. The molecule has 0 amide bonds. The van der Waals surface area contributed by atoms with Crippen LogP contribution in [-0.2, 0) is 0 Å². The van der Waals surface area contributed by atoms with Crippen molar-refractivity contribution < 1.29 is 0 Å². The standard InChI is InChI=1S/C18H41Si2/c1-2-3-4-5-6-7-8-9-10-11-12-13-14-15-16-17-18-20-19/h2-20H2,1H3. The molecular formula is C18H41Si2. The van der Waals surface area contributed by atoms with E-state index in [1.165, 1.54) is 103 Å². The monoisotopic (exact) mass is 313 g/mol. The second-order valence-electron chi connectivity index (χ2n) is 6.51. The summed E-state index contributed by atoms with van der Waals surface area (Å²) in [6.45, 7) is 2.30. The first-order valence-electron chi connectivity index (χ1n) is 9.71. The molecule has 0 aliphatic heterocycles. The van der Waals surface area contributed by atoms with Crippen molar-refractivity contribution in [3.8, 4) is 0 Å². The second kappa shape index (κ2) is 19.4. The molecule has 121 valence electrons. The van der Waals surface area contributed by atoms with Gasteiger partial charge in [-0.15, -0.1) is 0 Å². The van der Waals surface area contributed by atoms with E-state index in [4.69, 9.17) is 0 Å². The maximum atomic E-state index is 2.30. The average molecular weight is 314 g/mol. The van der Waals surface area contributed by atoms with Crippen LogP contribution in [0.3, 0.4) is 0 Å². The molecule has 0 nitrogen and oxygen atoms in total. The third-order valence-corrected chi connectivity index (χ3v) is 6.85. The van der Waals surface area contributed by atoms with E-state index in [-0.39, 0.29) is 0 Å². The second-order valence-corrected chi connectivity index (χ2v) is 10.0. The lowest BCUT2D eigenvalue weighted by Gasteiger charge is -2.03. The maximum Gasteiger partial charge on any atom is 0.00465 e. The van der Waals surface area contributed by atoms with Gasteiger partial charge in [0.15, 0.2) is 0 Å². The highest BCUT2D eigenvalue weighted by Gasteiger charge is 1.94. The van der Waals surface area contributed by atoms with Gasteiger partial charge >= 0.3 is 0 Å². The Balaban J connectivity index is 2.89. The van der Waals surface area contributed by atoms with E-state index in [9.17, 15) is 0 Å². The van der Waals surface area contributed by atoms with Crippen molar-refractivity contribution in [1.29, 1.82) is 0 Å². The molecule has 0 rings (SSSR count). The summed E-state index contributed by atoms with van der Waals surface area (Å²) >= 11 is 0. The van der Waals surface area contributed by atoms with E-state index < -0.39 is 0 Å². The van der Waals surface area contributed by atoms with Crippen LogP contribution in [0.25, 0.3) is 0 Å². The SMILES string of the molecule is CCCCCCCCCCCCCCCCCC[SiH2][SiH2]. The fourth-order valence-corrected chi connectivity index (χ4v) is 4.67. The van der Waals surface area contributed by atoms with Crippen LogP contribution in [0.4, 0.5) is 0 Å². The molecule has 0 heterocycles. The van der Waals surface area contributed by atoms with Gasteiger partial charge in [-0.05, 0) is 9.76 Å². The summed E-state index contributed by atoms with van der Waals surface area (Å²) in [4.78, 5) is 0. The summed E-state index contributed by atoms with van der Waals surface area (Å²) in [5, 5.41) is 0. The number of hydrogen-bond acceptors (Lipinski definition) is 0. The van der Waals surface area contributed by atoms with Crippen LogP contribution in [0.5, 0.6) is 0 Å². The van der Waals surface area contributed by atoms with Crippen molar-refractivity contribution in [2.24, 2.45) is 0 Å². The van der Waals surface area contributed by atoms with Crippen molar-refractivity contribution in [2.45, 2.75) is 116 Å². The number of unbranched alkanes of at least 4 members (excludes halogenated alkanes) is 15. The zero-order valence-electron chi connectivity index (χ0n) is 14.4. The van der Waals surface area contributed by atoms with E-state index in [1.54, 1.807) is 6.04 Å². The van der Waals surface area contributed by atoms with Crippen LogP contribution in [0.1, 0.15) is 110 Å². The minimum Gasteiger partial charge on any atom is -0.0655 e. The number of rotatable bonds is 17. The van der Waals surface area contributed by atoms with Gasteiger partial charge in [0.2, 0.25) is 0 Å². The zero-order chi connectivity index (χ0) is 14.7. The van der Waals surface area contributed by atoms with Crippen LogP contribution in [-0.4, -0.2) is 18.8 Å². The zero-order valence-corrected chi connectivity index (χ0v) is 17.3. The first kappa shape index (κ1) is 20.4. The molecule has 0 saturated carbocycles. The molecule has 0 spiro atoms. The Morgan fingerprint density at radius 2 is 0.800 bits per heavy atom. The lowest BCUT2D eigenvalue weighted by atomic mass is 10.0. The molecule has 1 radical (unpaired) electrons. The van der Waals surface area contributed by atoms with Crippen molar-refractivity contribution in [2.75, 3.05) is 0 Å². The minimum atomic E-state index is 0.377. The fraction of sp³-hybridized carbons (Fsp3) is 1.00. The van der Waals surface area contributed by atoms with Crippen LogP contribution in [0.2, 0.25) is 6.04 Å². The highest BCUT2D eigenvalue weighted by atomic mass is 29.1. The first-order chi connectivity index (χ1) is 9.91. The molecule has 0 bridgehead atoms. The average Bonchev–Trinajstić information content (AvgIpc) is 2.47. The van der Waals surface area contributed by atoms with Crippen molar-refractivity contribution >= 4 is 18.8 Å². The van der Waals surface area contributed by atoms with Gasteiger partial charge in [0.25, 0.3) is 0 Å². The summed E-state index contributed by atoms with van der Waals surface area (Å²) in [5.41, 5.74) is 0. The molecule has 0 aromatic heterocycles. The molecule has 0 unspecified atom stereocenters. The maximum absolute atomic E-state index is 2.30.